The summed E-state index contributed by atoms with van der Waals surface area (Å²) in [5, 5.41) is 5.58. The first-order chi connectivity index (χ1) is 18.9. The number of aryl methyl sites for hydroxylation is 2. The highest BCUT2D eigenvalue weighted by Gasteiger charge is 2.23. The van der Waals surface area contributed by atoms with Gasteiger partial charge in [0.2, 0.25) is 0 Å². The highest BCUT2D eigenvalue weighted by molar-refractivity contribution is 7.85. The number of carbonyl (C=O) groups is 1. The molecule has 212 valence electrons. The zero-order valence-electron chi connectivity index (χ0n) is 22.9. The zero-order chi connectivity index (χ0) is 29.2. The molecule has 0 bridgehead atoms. The van der Waals surface area contributed by atoms with E-state index < -0.39 is 10.1 Å². The van der Waals surface area contributed by atoms with Crippen molar-refractivity contribution in [3.05, 3.63) is 68.5 Å². The molecule has 0 radical (unpaired) electrons. The van der Waals surface area contributed by atoms with Gasteiger partial charge in [-0.15, -0.1) is 0 Å². The molecule has 1 aliphatic heterocycles. The molecule has 1 heterocycles. The second kappa shape index (κ2) is 12.3. The van der Waals surface area contributed by atoms with Gasteiger partial charge in [0, 0.05) is 53.0 Å². The molecule has 1 aliphatic carbocycles. The third-order valence-corrected chi connectivity index (χ3v) is 8.31. The van der Waals surface area contributed by atoms with Crippen LogP contribution in [-0.2, 0) is 10.1 Å². The number of nitrogens with zero attached hydrogens (tertiary/aromatic N) is 1. The normalized spacial score (nSPS) is 12.4. The number of nitrogens with one attached hydrogen (secondary N) is 1. The standard InChI is InChI=1S/C30H32Cl2N2O5S/c1-5-6-8-33-26-15-28-22(11-17(26)2)30(21-14-25(32)24(31)13-20(21)19(4)35)23-12-18(3)27(16-29(23)39-28)34-9-7-10-40(36,37)38/h11-16,33H,5-10H2,1-4H3,(H,36,37,38). The average molecular weight is 604 g/mol. The number of anilines is 1. The van der Waals surface area contributed by atoms with E-state index in [0.717, 1.165) is 52.7 Å². The van der Waals surface area contributed by atoms with Crippen molar-refractivity contribution >= 4 is 55.8 Å². The predicted octanol–water partition coefficient (Wildman–Crippen LogP) is 7.72. The highest BCUT2D eigenvalue weighted by atomic mass is 35.5. The Bertz CT molecular complexity index is 1750. The lowest BCUT2D eigenvalue weighted by Crippen LogP contribution is -2.11. The Morgan fingerprint density at radius 1 is 1.00 bits per heavy atom. The van der Waals surface area contributed by atoms with Crippen LogP contribution in [0.4, 0.5) is 5.69 Å². The van der Waals surface area contributed by atoms with Gasteiger partial charge in [0.15, 0.2) is 5.78 Å². The number of ketones is 1. The molecular weight excluding hydrogens is 571 g/mol. The molecule has 7 nitrogen and oxygen atoms in total. The Balaban J connectivity index is 2.02. The molecule has 2 N–H and O–H groups in total. The van der Waals surface area contributed by atoms with Crippen LogP contribution in [0.1, 0.15) is 54.6 Å². The molecule has 2 aromatic rings. The van der Waals surface area contributed by atoms with E-state index in [9.17, 15) is 13.2 Å². The van der Waals surface area contributed by atoms with Crippen molar-refractivity contribution in [1.29, 1.82) is 0 Å². The zero-order valence-corrected chi connectivity index (χ0v) is 25.2. The van der Waals surface area contributed by atoms with Gasteiger partial charge in [-0.1, -0.05) is 36.5 Å². The van der Waals surface area contributed by atoms with Gasteiger partial charge in [-0.2, -0.15) is 8.42 Å². The molecule has 0 fully saturated rings. The number of rotatable bonds is 10. The molecule has 2 aliphatic rings. The van der Waals surface area contributed by atoms with Crippen LogP contribution < -0.4 is 10.7 Å². The molecule has 10 heteroatoms. The minimum Gasteiger partial charge on any atom is -0.456 e. The third-order valence-electron chi connectivity index (χ3n) is 6.78. The van der Waals surface area contributed by atoms with Gasteiger partial charge in [-0.05, 0) is 74.6 Å². The SMILES string of the molecule is CCCCNc1cc2oc3cc(=NCCCS(=O)(=O)O)c(C)cc-3c(-c3cc(Cl)c(Cl)cc3C(C)=O)c2cc1C. The van der Waals surface area contributed by atoms with E-state index >= 15 is 0 Å². The molecule has 0 amide bonds. The fourth-order valence-corrected chi connectivity index (χ4v) is 5.55. The van der Waals surface area contributed by atoms with Gasteiger partial charge in [0.1, 0.15) is 11.3 Å². The van der Waals surface area contributed by atoms with Gasteiger partial charge in [0.05, 0.1) is 21.2 Å². The van der Waals surface area contributed by atoms with Crippen molar-refractivity contribution in [2.45, 2.75) is 47.0 Å². The van der Waals surface area contributed by atoms with E-state index in [4.69, 9.17) is 32.2 Å². The quantitative estimate of drug-likeness (QED) is 0.0832. The Hall–Kier alpha value is -2.91. The number of Topliss-reactive ketones (excluding diaryl/α,β-unsaturated/α-hetero) is 1. The number of benzene rings is 3. The van der Waals surface area contributed by atoms with Crippen LogP contribution in [0.25, 0.3) is 33.4 Å². The molecule has 0 saturated heterocycles. The van der Waals surface area contributed by atoms with Gasteiger partial charge < -0.3 is 9.73 Å². The maximum absolute atomic E-state index is 12.8. The van der Waals surface area contributed by atoms with Crippen LogP contribution in [0.5, 0.6) is 0 Å². The van der Waals surface area contributed by atoms with E-state index in [-0.39, 0.29) is 24.5 Å². The lowest BCUT2D eigenvalue weighted by molar-refractivity contribution is 0.101. The summed E-state index contributed by atoms with van der Waals surface area (Å²) < 4.78 is 37.6. The fourth-order valence-electron chi connectivity index (χ4n) is 4.73. The van der Waals surface area contributed by atoms with Crippen LogP contribution in [0.2, 0.25) is 10.0 Å². The van der Waals surface area contributed by atoms with Gasteiger partial charge in [-0.3, -0.25) is 14.3 Å². The molecule has 0 atom stereocenters. The summed E-state index contributed by atoms with van der Waals surface area (Å²) in [7, 11) is -4.05. The molecule has 0 saturated carbocycles. The van der Waals surface area contributed by atoms with Crippen LogP contribution in [0, 0.1) is 13.8 Å². The van der Waals surface area contributed by atoms with E-state index in [0.29, 0.717) is 37.9 Å². The van der Waals surface area contributed by atoms with Crippen LogP contribution >= 0.6 is 23.2 Å². The van der Waals surface area contributed by atoms with Crippen molar-refractivity contribution in [3.8, 4) is 22.5 Å². The van der Waals surface area contributed by atoms with E-state index in [1.54, 1.807) is 12.1 Å². The lowest BCUT2D eigenvalue weighted by atomic mass is 9.88. The Morgan fingerprint density at radius 3 is 2.40 bits per heavy atom. The first-order valence-corrected chi connectivity index (χ1v) is 15.5. The van der Waals surface area contributed by atoms with Crippen molar-refractivity contribution in [1.82, 2.24) is 0 Å². The molecule has 0 aromatic heterocycles. The maximum Gasteiger partial charge on any atom is 0.264 e. The maximum atomic E-state index is 12.8. The smallest absolute Gasteiger partial charge is 0.264 e. The average Bonchev–Trinajstić information content (AvgIpc) is 2.87. The number of hydrogen-bond donors (Lipinski definition) is 2. The van der Waals surface area contributed by atoms with E-state index in [1.807, 2.05) is 32.0 Å². The van der Waals surface area contributed by atoms with Crippen molar-refractivity contribution in [2.75, 3.05) is 24.2 Å². The third kappa shape index (κ3) is 6.69. The largest absolute Gasteiger partial charge is 0.456 e. The second-order valence-corrected chi connectivity index (χ2v) is 12.3. The molecule has 4 rings (SSSR count). The topological polar surface area (TPSA) is 109 Å². The summed E-state index contributed by atoms with van der Waals surface area (Å²) in [6.07, 6.45) is 2.29. The number of hydrogen-bond acceptors (Lipinski definition) is 6. The predicted molar refractivity (Wildman–Crippen MR) is 163 cm³/mol. The number of halogens is 2. The van der Waals surface area contributed by atoms with Gasteiger partial charge in [-0.25, -0.2) is 0 Å². The summed E-state index contributed by atoms with van der Waals surface area (Å²) in [4.78, 5) is 17.3. The second-order valence-electron chi connectivity index (χ2n) is 9.94. The summed E-state index contributed by atoms with van der Waals surface area (Å²) in [6.45, 7) is 8.62. The highest BCUT2D eigenvalue weighted by Crippen LogP contribution is 2.44. The molecule has 40 heavy (non-hydrogen) atoms. The monoisotopic (exact) mass is 602 g/mol. The summed E-state index contributed by atoms with van der Waals surface area (Å²) in [6, 6.07) is 11.1. The lowest BCUT2D eigenvalue weighted by Gasteiger charge is -2.20. The molecular formula is C30H32Cl2N2O5S. The van der Waals surface area contributed by atoms with Crippen molar-refractivity contribution < 1.29 is 22.2 Å². The molecule has 0 unspecified atom stereocenters. The Morgan fingerprint density at radius 2 is 1.73 bits per heavy atom. The molecule has 2 aromatic carbocycles. The van der Waals surface area contributed by atoms with Gasteiger partial charge >= 0.3 is 0 Å². The van der Waals surface area contributed by atoms with Crippen LogP contribution in [0.15, 0.2) is 45.8 Å². The van der Waals surface area contributed by atoms with Gasteiger partial charge in [0.25, 0.3) is 10.1 Å². The van der Waals surface area contributed by atoms with E-state index in [1.165, 1.54) is 6.92 Å². The first-order valence-electron chi connectivity index (χ1n) is 13.1. The van der Waals surface area contributed by atoms with Crippen LogP contribution in [0.3, 0.4) is 0 Å². The number of carbonyl (C=O) groups excluding carboxylic acids is 1. The minimum atomic E-state index is -4.05. The number of fused-ring (bicyclic) bond motifs is 2. The summed E-state index contributed by atoms with van der Waals surface area (Å²) >= 11 is 12.8. The first kappa shape index (κ1) is 30.1. The minimum absolute atomic E-state index is 0.146. The van der Waals surface area contributed by atoms with Crippen molar-refractivity contribution in [2.24, 2.45) is 4.99 Å². The Labute approximate surface area is 244 Å². The number of unbranched alkanes of at least 4 members (excludes halogenated alkanes) is 1. The summed E-state index contributed by atoms with van der Waals surface area (Å²) in [5.41, 5.74) is 6.11. The van der Waals surface area contributed by atoms with E-state index in [2.05, 4.69) is 23.3 Å². The fraction of sp³-hybridized carbons (Fsp3) is 0.333. The molecule has 0 spiro atoms. The van der Waals surface area contributed by atoms with Crippen molar-refractivity contribution in [3.63, 3.8) is 0 Å². The Kier molecular flexibility index (Phi) is 9.25. The summed E-state index contributed by atoms with van der Waals surface area (Å²) in [5.74, 6) is 0.0404. The van der Waals surface area contributed by atoms with Crippen LogP contribution in [-0.4, -0.2) is 37.6 Å².